The van der Waals surface area contributed by atoms with Gasteiger partial charge in [-0.1, -0.05) is 0 Å². The largest absolute Gasteiger partial charge is 0.497 e. The number of pyridine rings is 1. The molecule has 0 saturated carbocycles. The molecule has 2 aromatic carbocycles. The monoisotopic (exact) mass is 349 g/mol. The summed E-state index contributed by atoms with van der Waals surface area (Å²) in [4.78, 5) is 16.6. The van der Waals surface area contributed by atoms with Gasteiger partial charge in [-0.25, -0.2) is 0 Å². The van der Waals surface area contributed by atoms with Crippen molar-refractivity contribution in [3.63, 3.8) is 0 Å². The van der Waals surface area contributed by atoms with Crippen molar-refractivity contribution in [3.05, 3.63) is 72.6 Å². The molecule has 1 aromatic heterocycles. The summed E-state index contributed by atoms with van der Waals surface area (Å²) in [5.41, 5.74) is 2.74. The number of carbonyl (C=O) groups is 1. The maximum atomic E-state index is 12.4. The van der Waals surface area contributed by atoms with E-state index < -0.39 is 0 Å². The molecule has 0 unspecified atom stereocenters. The van der Waals surface area contributed by atoms with Crippen LogP contribution in [0.4, 0.5) is 17.1 Å². The van der Waals surface area contributed by atoms with Gasteiger partial charge in [0.1, 0.15) is 11.5 Å². The second-order valence-corrected chi connectivity index (χ2v) is 5.50. The summed E-state index contributed by atoms with van der Waals surface area (Å²) in [5, 5.41) is 6.05. The lowest BCUT2D eigenvalue weighted by Gasteiger charge is -2.09. The molecule has 0 saturated heterocycles. The SMILES string of the molecule is COc1ccc(NC(=O)c2cncc(Nc3ccc(OC)cc3)c2)cc1. The molecule has 0 aliphatic carbocycles. The van der Waals surface area contributed by atoms with Crippen LogP contribution in [0.2, 0.25) is 0 Å². The molecule has 6 nitrogen and oxygen atoms in total. The Morgan fingerprint density at radius 3 is 1.96 bits per heavy atom. The summed E-state index contributed by atoms with van der Waals surface area (Å²) in [6, 6.07) is 16.4. The van der Waals surface area contributed by atoms with Gasteiger partial charge in [0, 0.05) is 17.6 Å². The quantitative estimate of drug-likeness (QED) is 0.701. The summed E-state index contributed by atoms with van der Waals surface area (Å²) in [6.45, 7) is 0. The smallest absolute Gasteiger partial charge is 0.257 e. The van der Waals surface area contributed by atoms with Crippen molar-refractivity contribution < 1.29 is 14.3 Å². The number of nitrogens with zero attached hydrogens (tertiary/aromatic N) is 1. The number of nitrogens with one attached hydrogen (secondary N) is 2. The van der Waals surface area contributed by atoms with Gasteiger partial charge in [-0.05, 0) is 54.6 Å². The third-order valence-electron chi connectivity index (χ3n) is 3.73. The fourth-order valence-electron chi connectivity index (χ4n) is 2.35. The van der Waals surface area contributed by atoms with Gasteiger partial charge in [0.15, 0.2) is 0 Å². The minimum absolute atomic E-state index is 0.235. The van der Waals surface area contributed by atoms with Crippen molar-refractivity contribution in [1.29, 1.82) is 0 Å². The van der Waals surface area contributed by atoms with Crippen molar-refractivity contribution in [2.75, 3.05) is 24.9 Å². The Kier molecular flexibility index (Phi) is 5.34. The zero-order valence-electron chi connectivity index (χ0n) is 14.5. The zero-order chi connectivity index (χ0) is 18.4. The van der Waals surface area contributed by atoms with E-state index >= 15 is 0 Å². The number of methoxy groups -OCH3 is 2. The Morgan fingerprint density at radius 2 is 1.38 bits per heavy atom. The summed E-state index contributed by atoms with van der Waals surface area (Å²) < 4.78 is 10.2. The number of amides is 1. The second-order valence-electron chi connectivity index (χ2n) is 5.50. The van der Waals surface area contributed by atoms with Crippen LogP contribution >= 0.6 is 0 Å². The highest BCUT2D eigenvalue weighted by Crippen LogP contribution is 2.21. The average Bonchev–Trinajstić information content (AvgIpc) is 2.69. The minimum Gasteiger partial charge on any atom is -0.497 e. The Hall–Kier alpha value is -3.54. The van der Waals surface area contributed by atoms with Crippen LogP contribution in [0.1, 0.15) is 10.4 Å². The molecule has 0 bridgehead atoms. The third kappa shape index (κ3) is 4.30. The maximum absolute atomic E-state index is 12.4. The Bertz CT molecular complexity index is 878. The lowest BCUT2D eigenvalue weighted by molar-refractivity contribution is 0.102. The molecule has 0 atom stereocenters. The van der Waals surface area contributed by atoms with Gasteiger partial charge >= 0.3 is 0 Å². The Morgan fingerprint density at radius 1 is 0.808 bits per heavy atom. The fraction of sp³-hybridized carbons (Fsp3) is 0.100. The number of ether oxygens (including phenoxy) is 2. The van der Waals surface area contributed by atoms with E-state index in [4.69, 9.17) is 9.47 Å². The number of aromatic nitrogens is 1. The Balaban J connectivity index is 1.69. The molecule has 0 spiro atoms. The van der Waals surface area contributed by atoms with Crippen LogP contribution in [0.15, 0.2) is 67.0 Å². The predicted molar refractivity (Wildman–Crippen MR) is 101 cm³/mol. The van der Waals surface area contributed by atoms with E-state index in [0.717, 1.165) is 22.9 Å². The van der Waals surface area contributed by atoms with Gasteiger partial charge in [-0.3, -0.25) is 9.78 Å². The topological polar surface area (TPSA) is 72.5 Å². The van der Waals surface area contributed by atoms with E-state index in [1.54, 1.807) is 50.7 Å². The summed E-state index contributed by atoms with van der Waals surface area (Å²) in [7, 11) is 3.22. The van der Waals surface area contributed by atoms with Gasteiger partial charge in [-0.2, -0.15) is 0 Å². The van der Waals surface area contributed by atoms with E-state index in [1.165, 1.54) is 6.20 Å². The first-order valence-electron chi connectivity index (χ1n) is 7.99. The van der Waals surface area contributed by atoms with Crippen LogP contribution in [0.25, 0.3) is 0 Å². The van der Waals surface area contributed by atoms with Gasteiger partial charge in [0.2, 0.25) is 0 Å². The van der Waals surface area contributed by atoms with Gasteiger partial charge in [0.25, 0.3) is 5.91 Å². The van der Waals surface area contributed by atoms with Crippen LogP contribution in [-0.4, -0.2) is 25.1 Å². The number of hydrogen-bond acceptors (Lipinski definition) is 5. The van der Waals surface area contributed by atoms with Crippen molar-refractivity contribution >= 4 is 23.0 Å². The van der Waals surface area contributed by atoms with Crippen molar-refractivity contribution in [3.8, 4) is 11.5 Å². The summed E-state index contributed by atoms with van der Waals surface area (Å²) >= 11 is 0. The number of rotatable bonds is 6. The van der Waals surface area contributed by atoms with E-state index in [-0.39, 0.29) is 5.91 Å². The molecule has 0 aliphatic heterocycles. The second kappa shape index (κ2) is 8.02. The van der Waals surface area contributed by atoms with Crippen molar-refractivity contribution in [2.45, 2.75) is 0 Å². The number of carbonyl (C=O) groups excluding carboxylic acids is 1. The van der Waals surface area contributed by atoms with E-state index in [0.29, 0.717) is 11.3 Å². The normalized spacial score (nSPS) is 10.1. The fourth-order valence-corrected chi connectivity index (χ4v) is 2.35. The van der Waals surface area contributed by atoms with Gasteiger partial charge in [0.05, 0.1) is 31.7 Å². The highest BCUT2D eigenvalue weighted by molar-refractivity contribution is 6.04. The molecule has 1 amide bonds. The molecule has 132 valence electrons. The van der Waals surface area contributed by atoms with E-state index in [2.05, 4.69) is 15.6 Å². The molecule has 2 N–H and O–H groups in total. The molecular weight excluding hydrogens is 330 g/mol. The number of benzene rings is 2. The third-order valence-corrected chi connectivity index (χ3v) is 3.73. The van der Waals surface area contributed by atoms with Crippen LogP contribution in [0.5, 0.6) is 11.5 Å². The number of anilines is 3. The molecule has 3 aromatic rings. The standard InChI is InChI=1S/C20H19N3O3/c1-25-18-7-3-15(4-8-18)22-17-11-14(12-21-13-17)20(24)23-16-5-9-19(26-2)10-6-16/h3-13,22H,1-2H3,(H,23,24). The highest BCUT2D eigenvalue weighted by Gasteiger charge is 2.08. The first-order chi connectivity index (χ1) is 12.7. The lowest BCUT2D eigenvalue weighted by atomic mass is 10.2. The average molecular weight is 349 g/mol. The molecule has 0 aliphatic rings. The van der Waals surface area contributed by atoms with Crippen molar-refractivity contribution in [1.82, 2.24) is 4.98 Å². The van der Waals surface area contributed by atoms with Gasteiger partial charge < -0.3 is 20.1 Å². The lowest BCUT2D eigenvalue weighted by Crippen LogP contribution is -2.12. The highest BCUT2D eigenvalue weighted by atomic mass is 16.5. The first kappa shape index (κ1) is 17.3. The Labute approximate surface area is 151 Å². The van der Waals surface area contributed by atoms with Gasteiger partial charge in [-0.15, -0.1) is 0 Å². The zero-order valence-corrected chi connectivity index (χ0v) is 14.5. The minimum atomic E-state index is -0.235. The van der Waals surface area contributed by atoms with Crippen LogP contribution < -0.4 is 20.1 Å². The van der Waals surface area contributed by atoms with Crippen LogP contribution in [0, 0.1) is 0 Å². The molecule has 0 radical (unpaired) electrons. The van der Waals surface area contributed by atoms with E-state index in [1.807, 2.05) is 24.3 Å². The molecule has 3 rings (SSSR count). The van der Waals surface area contributed by atoms with E-state index in [9.17, 15) is 4.79 Å². The molecular formula is C20H19N3O3. The maximum Gasteiger partial charge on any atom is 0.257 e. The molecule has 26 heavy (non-hydrogen) atoms. The summed E-state index contributed by atoms with van der Waals surface area (Å²) in [5.74, 6) is 1.28. The molecule has 1 heterocycles. The van der Waals surface area contributed by atoms with Crippen LogP contribution in [-0.2, 0) is 0 Å². The van der Waals surface area contributed by atoms with Crippen molar-refractivity contribution in [2.24, 2.45) is 0 Å². The first-order valence-corrected chi connectivity index (χ1v) is 7.99. The predicted octanol–water partition coefficient (Wildman–Crippen LogP) is 4.09. The summed E-state index contributed by atoms with van der Waals surface area (Å²) in [6.07, 6.45) is 3.19. The van der Waals surface area contributed by atoms with Crippen LogP contribution in [0.3, 0.4) is 0 Å². The molecule has 0 fully saturated rings. The molecule has 6 heteroatoms. The number of hydrogen-bond donors (Lipinski definition) is 2.